The van der Waals surface area contributed by atoms with Crippen molar-refractivity contribution in [3.05, 3.63) is 30.1 Å². The van der Waals surface area contributed by atoms with E-state index in [-0.39, 0.29) is 23.6 Å². The average Bonchev–Trinajstić information content (AvgIpc) is 2.32. The predicted molar refractivity (Wildman–Crippen MR) is 65.2 cm³/mol. The molecule has 1 aromatic rings. The van der Waals surface area contributed by atoms with Crippen molar-refractivity contribution in [2.24, 2.45) is 5.92 Å². The molecule has 3 nitrogen and oxygen atoms in total. The third kappa shape index (κ3) is 2.82. The van der Waals surface area contributed by atoms with Gasteiger partial charge in [0.1, 0.15) is 5.82 Å². The van der Waals surface area contributed by atoms with Crippen LogP contribution in [0.3, 0.4) is 0 Å². The maximum atomic E-state index is 13.4. The monoisotopic (exact) mass is 236 g/mol. The summed E-state index contributed by atoms with van der Waals surface area (Å²) in [7, 11) is 0. The van der Waals surface area contributed by atoms with Gasteiger partial charge in [0.2, 0.25) is 5.91 Å². The van der Waals surface area contributed by atoms with Gasteiger partial charge in [0.25, 0.3) is 0 Å². The molecule has 0 bridgehead atoms. The van der Waals surface area contributed by atoms with Crippen LogP contribution in [0.1, 0.15) is 19.8 Å². The van der Waals surface area contributed by atoms with Gasteiger partial charge < -0.3 is 10.6 Å². The molecule has 1 fully saturated rings. The van der Waals surface area contributed by atoms with E-state index in [9.17, 15) is 9.18 Å². The van der Waals surface area contributed by atoms with Crippen molar-refractivity contribution in [3.63, 3.8) is 0 Å². The summed E-state index contributed by atoms with van der Waals surface area (Å²) in [6, 6.07) is 6.00. The molecule has 1 saturated heterocycles. The molecule has 4 heteroatoms. The largest absolute Gasteiger partial charge is 0.322 e. The van der Waals surface area contributed by atoms with E-state index in [0.29, 0.717) is 0 Å². The van der Waals surface area contributed by atoms with E-state index in [1.807, 2.05) is 6.92 Å². The van der Waals surface area contributed by atoms with Gasteiger partial charge in [0.05, 0.1) is 11.7 Å². The van der Waals surface area contributed by atoms with Crippen molar-refractivity contribution < 1.29 is 9.18 Å². The van der Waals surface area contributed by atoms with Gasteiger partial charge in [-0.25, -0.2) is 4.39 Å². The van der Waals surface area contributed by atoms with Gasteiger partial charge in [-0.3, -0.25) is 4.79 Å². The summed E-state index contributed by atoms with van der Waals surface area (Å²) >= 11 is 0. The fourth-order valence-electron chi connectivity index (χ4n) is 2.17. The third-order valence-corrected chi connectivity index (χ3v) is 3.18. The van der Waals surface area contributed by atoms with Crippen molar-refractivity contribution in [2.45, 2.75) is 25.8 Å². The number of para-hydroxylation sites is 1. The normalized spacial score (nSPS) is 24.4. The molecule has 17 heavy (non-hydrogen) atoms. The van der Waals surface area contributed by atoms with Crippen LogP contribution in [-0.4, -0.2) is 18.5 Å². The molecule has 0 aromatic heterocycles. The van der Waals surface area contributed by atoms with Crippen molar-refractivity contribution in [3.8, 4) is 0 Å². The zero-order chi connectivity index (χ0) is 12.3. The standard InChI is InChI=1S/C13H17FN2O/c1-9-5-4-8-15-12(9)13(17)16-11-7-3-2-6-10(11)14/h2-3,6-7,9,12,15H,4-5,8H2,1H3,(H,16,17). The van der Waals surface area contributed by atoms with Crippen molar-refractivity contribution >= 4 is 11.6 Å². The summed E-state index contributed by atoms with van der Waals surface area (Å²) in [4.78, 5) is 12.0. The van der Waals surface area contributed by atoms with Crippen LogP contribution in [0, 0.1) is 11.7 Å². The highest BCUT2D eigenvalue weighted by atomic mass is 19.1. The van der Waals surface area contributed by atoms with E-state index >= 15 is 0 Å². The highest BCUT2D eigenvalue weighted by Crippen LogP contribution is 2.18. The fourth-order valence-corrected chi connectivity index (χ4v) is 2.17. The number of amides is 1. The molecule has 2 unspecified atom stereocenters. The number of rotatable bonds is 2. The van der Waals surface area contributed by atoms with Crippen molar-refractivity contribution in [1.82, 2.24) is 5.32 Å². The number of carbonyl (C=O) groups is 1. The molecule has 0 spiro atoms. The first kappa shape index (κ1) is 12.0. The zero-order valence-electron chi connectivity index (χ0n) is 9.87. The summed E-state index contributed by atoms with van der Waals surface area (Å²) in [5.74, 6) is -0.262. The molecule has 2 N–H and O–H groups in total. The van der Waals surface area contributed by atoms with Crippen LogP contribution in [-0.2, 0) is 4.79 Å². The molecule has 0 saturated carbocycles. The van der Waals surface area contributed by atoms with Gasteiger partial charge in [-0.1, -0.05) is 19.1 Å². The van der Waals surface area contributed by atoms with Crippen LogP contribution in [0.2, 0.25) is 0 Å². The number of hydrogen-bond acceptors (Lipinski definition) is 2. The van der Waals surface area contributed by atoms with E-state index in [2.05, 4.69) is 10.6 Å². The lowest BCUT2D eigenvalue weighted by molar-refractivity contribution is -0.119. The summed E-state index contributed by atoms with van der Waals surface area (Å²) in [5.41, 5.74) is 0.247. The lowest BCUT2D eigenvalue weighted by atomic mass is 9.92. The second-order valence-corrected chi connectivity index (χ2v) is 4.52. The molecule has 2 atom stereocenters. The smallest absolute Gasteiger partial charge is 0.241 e. The highest BCUT2D eigenvalue weighted by molar-refractivity contribution is 5.95. The van der Waals surface area contributed by atoms with Crippen LogP contribution >= 0.6 is 0 Å². The minimum absolute atomic E-state index is 0.151. The summed E-state index contributed by atoms with van der Waals surface area (Å²) in [6.07, 6.45) is 2.12. The number of piperidine rings is 1. The number of anilines is 1. The van der Waals surface area contributed by atoms with Crippen LogP contribution < -0.4 is 10.6 Å². The van der Waals surface area contributed by atoms with E-state index in [1.54, 1.807) is 18.2 Å². The van der Waals surface area contributed by atoms with Crippen LogP contribution in [0.15, 0.2) is 24.3 Å². The minimum Gasteiger partial charge on any atom is -0.322 e. The van der Waals surface area contributed by atoms with E-state index in [4.69, 9.17) is 0 Å². The first-order valence-electron chi connectivity index (χ1n) is 5.97. The summed E-state index contributed by atoms with van der Waals surface area (Å²) < 4.78 is 13.4. The Morgan fingerprint density at radius 3 is 2.94 bits per heavy atom. The zero-order valence-corrected chi connectivity index (χ0v) is 9.87. The predicted octanol–water partition coefficient (Wildman–Crippen LogP) is 2.15. The third-order valence-electron chi connectivity index (χ3n) is 3.18. The molecule has 1 heterocycles. The molecule has 1 aromatic carbocycles. The average molecular weight is 236 g/mol. The van der Waals surface area contributed by atoms with Crippen LogP contribution in [0.25, 0.3) is 0 Å². The van der Waals surface area contributed by atoms with Gasteiger partial charge in [-0.15, -0.1) is 0 Å². The van der Waals surface area contributed by atoms with Gasteiger partial charge in [-0.2, -0.15) is 0 Å². The molecular weight excluding hydrogens is 219 g/mol. The van der Waals surface area contributed by atoms with E-state index < -0.39 is 5.82 Å². The molecule has 0 radical (unpaired) electrons. The quantitative estimate of drug-likeness (QED) is 0.826. The molecule has 1 aliphatic rings. The fraction of sp³-hybridized carbons (Fsp3) is 0.462. The lowest BCUT2D eigenvalue weighted by Gasteiger charge is -2.28. The number of hydrogen-bond donors (Lipinski definition) is 2. The molecular formula is C13H17FN2O. The topological polar surface area (TPSA) is 41.1 Å². The maximum Gasteiger partial charge on any atom is 0.241 e. The highest BCUT2D eigenvalue weighted by Gasteiger charge is 2.27. The van der Waals surface area contributed by atoms with Gasteiger partial charge in [0.15, 0.2) is 0 Å². The van der Waals surface area contributed by atoms with Gasteiger partial charge >= 0.3 is 0 Å². The molecule has 2 rings (SSSR count). The molecule has 1 aliphatic heterocycles. The first-order valence-corrected chi connectivity index (χ1v) is 5.97. The number of carbonyl (C=O) groups excluding carboxylic acids is 1. The first-order chi connectivity index (χ1) is 8.18. The second kappa shape index (κ2) is 5.27. The van der Waals surface area contributed by atoms with Gasteiger partial charge in [-0.05, 0) is 37.4 Å². The Labute approximate surface area is 100 Å². The summed E-state index contributed by atoms with van der Waals surface area (Å²) in [6.45, 7) is 2.89. The van der Waals surface area contributed by atoms with E-state index in [1.165, 1.54) is 6.07 Å². The Hall–Kier alpha value is -1.42. The van der Waals surface area contributed by atoms with Crippen LogP contribution in [0.4, 0.5) is 10.1 Å². The number of benzene rings is 1. The summed E-state index contributed by atoms with van der Waals surface area (Å²) in [5, 5.41) is 5.81. The van der Waals surface area contributed by atoms with Crippen LogP contribution in [0.5, 0.6) is 0 Å². The minimum atomic E-state index is -0.399. The van der Waals surface area contributed by atoms with Crippen molar-refractivity contribution in [2.75, 3.05) is 11.9 Å². The Kier molecular flexibility index (Phi) is 3.74. The van der Waals surface area contributed by atoms with Crippen molar-refractivity contribution in [1.29, 1.82) is 0 Å². The number of nitrogens with one attached hydrogen (secondary N) is 2. The molecule has 0 aliphatic carbocycles. The Morgan fingerprint density at radius 2 is 2.24 bits per heavy atom. The Bertz CT molecular complexity index is 408. The molecule has 1 amide bonds. The lowest BCUT2D eigenvalue weighted by Crippen LogP contribution is -2.48. The Morgan fingerprint density at radius 1 is 1.47 bits per heavy atom. The second-order valence-electron chi connectivity index (χ2n) is 4.52. The maximum absolute atomic E-state index is 13.4. The SMILES string of the molecule is CC1CCCNC1C(=O)Nc1ccccc1F. The molecule has 92 valence electrons. The van der Waals surface area contributed by atoms with Gasteiger partial charge in [0, 0.05) is 0 Å². The number of halogens is 1. The van der Waals surface area contributed by atoms with E-state index in [0.717, 1.165) is 19.4 Å². The Balaban J connectivity index is 2.03.